The van der Waals surface area contributed by atoms with Crippen LogP contribution in [0.25, 0.3) is 5.70 Å². The number of carbonyl (C=O) groups excluding carboxylic acids is 1. The van der Waals surface area contributed by atoms with E-state index in [9.17, 15) is 4.79 Å². The molecule has 4 heterocycles. The molecule has 1 aliphatic carbocycles. The van der Waals surface area contributed by atoms with Crippen molar-refractivity contribution in [1.82, 2.24) is 19.9 Å². The van der Waals surface area contributed by atoms with Crippen LogP contribution in [-0.4, -0.2) is 63.7 Å². The molecular formula is C26H29ClN6O2. The number of aryl methyl sites for hydroxylation is 1. The van der Waals surface area contributed by atoms with Gasteiger partial charge >= 0.3 is 0 Å². The van der Waals surface area contributed by atoms with Gasteiger partial charge in [0.1, 0.15) is 0 Å². The number of Topliss-reactive ketones (excluding diaryl/α,β-unsaturated/α-hetero) is 1. The van der Waals surface area contributed by atoms with Gasteiger partial charge < -0.3 is 10.1 Å². The van der Waals surface area contributed by atoms with E-state index < -0.39 is 0 Å². The summed E-state index contributed by atoms with van der Waals surface area (Å²) in [6.07, 6.45) is 9.12. The fourth-order valence-corrected chi connectivity index (χ4v) is 4.92. The van der Waals surface area contributed by atoms with Crippen LogP contribution in [0.2, 0.25) is 0 Å². The normalized spacial score (nSPS) is 22.4. The van der Waals surface area contributed by atoms with Crippen molar-refractivity contribution in [3.8, 4) is 0 Å². The summed E-state index contributed by atoms with van der Waals surface area (Å²) >= 11 is 6.13. The van der Waals surface area contributed by atoms with Crippen LogP contribution in [-0.2, 0) is 22.4 Å². The molecule has 0 unspecified atom stereocenters. The van der Waals surface area contributed by atoms with Crippen LogP contribution in [0, 0.1) is 6.92 Å². The van der Waals surface area contributed by atoms with Crippen molar-refractivity contribution in [3.63, 3.8) is 0 Å². The van der Waals surface area contributed by atoms with Gasteiger partial charge in [-0.05, 0) is 45.2 Å². The van der Waals surface area contributed by atoms with Gasteiger partial charge in [0, 0.05) is 55.8 Å². The van der Waals surface area contributed by atoms with Gasteiger partial charge in [0.05, 0.1) is 40.0 Å². The number of nitrogens with one attached hydrogen (secondary N) is 1. The predicted molar refractivity (Wildman–Crippen MR) is 137 cm³/mol. The number of anilines is 2. The van der Waals surface area contributed by atoms with Crippen molar-refractivity contribution in [2.75, 3.05) is 25.0 Å². The summed E-state index contributed by atoms with van der Waals surface area (Å²) in [5.74, 6) is 0.481. The molecule has 9 heteroatoms. The van der Waals surface area contributed by atoms with Crippen LogP contribution in [0.5, 0.6) is 0 Å². The molecule has 2 atom stereocenters. The van der Waals surface area contributed by atoms with E-state index in [0.29, 0.717) is 34.4 Å². The SMILES string of the molecule is Cc1ncc(CCN2C[C@@H](C)O[C@@H](C)C2)cc1Nc1ncc2c(n1)C1=C(CC=C(Cl)C=N1)C(=O)C2. The first-order chi connectivity index (χ1) is 16.9. The second kappa shape index (κ2) is 9.97. The average molecular weight is 493 g/mol. The lowest BCUT2D eigenvalue weighted by Gasteiger charge is -2.35. The third-order valence-electron chi connectivity index (χ3n) is 6.48. The summed E-state index contributed by atoms with van der Waals surface area (Å²) in [6.45, 7) is 9.05. The number of nitrogens with zero attached hydrogens (tertiary/aromatic N) is 5. The molecule has 2 aliphatic heterocycles. The summed E-state index contributed by atoms with van der Waals surface area (Å²) in [6, 6.07) is 2.11. The molecule has 1 saturated heterocycles. The van der Waals surface area contributed by atoms with E-state index in [1.807, 2.05) is 13.1 Å². The van der Waals surface area contributed by atoms with Crippen LogP contribution >= 0.6 is 11.6 Å². The Morgan fingerprint density at radius 2 is 2.00 bits per heavy atom. The Balaban J connectivity index is 1.35. The molecule has 0 radical (unpaired) electrons. The molecule has 0 aromatic carbocycles. The maximum atomic E-state index is 12.6. The first-order valence-electron chi connectivity index (χ1n) is 12.0. The van der Waals surface area contributed by atoms with E-state index in [2.05, 4.69) is 45.1 Å². The van der Waals surface area contributed by atoms with Crippen molar-refractivity contribution < 1.29 is 9.53 Å². The highest BCUT2D eigenvalue weighted by Gasteiger charge is 2.28. The quantitative estimate of drug-likeness (QED) is 0.674. The van der Waals surface area contributed by atoms with Gasteiger partial charge in [-0.2, -0.15) is 0 Å². The van der Waals surface area contributed by atoms with Crippen LogP contribution < -0.4 is 5.32 Å². The van der Waals surface area contributed by atoms with Crippen LogP contribution in [0.15, 0.2) is 40.1 Å². The van der Waals surface area contributed by atoms with Gasteiger partial charge in [-0.15, -0.1) is 0 Å². The van der Waals surface area contributed by atoms with E-state index in [4.69, 9.17) is 21.3 Å². The van der Waals surface area contributed by atoms with E-state index >= 15 is 0 Å². The van der Waals surface area contributed by atoms with Crippen LogP contribution in [0.1, 0.15) is 42.8 Å². The number of halogens is 1. The number of morpholine rings is 1. The van der Waals surface area contributed by atoms with Gasteiger partial charge in [0.25, 0.3) is 0 Å². The zero-order valence-electron chi connectivity index (χ0n) is 20.2. The number of rotatable bonds is 5. The molecule has 35 heavy (non-hydrogen) atoms. The Labute approximate surface area is 210 Å². The fraction of sp³-hybridized carbons (Fsp3) is 0.423. The Morgan fingerprint density at radius 3 is 2.80 bits per heavy atom. The molecule has 5 rings (SSSR count). The van der Waals surface area contributed by atoms with E-state index in [1.54, 1.807) is 18.5 Å². The molecule has 3 aliphatic rings. The molecular weight excluding hydrogens is 464 g/mol. The smallest absolute Gasteiger partial charge is 0.227 e. The minimum absolute atomic E-state index is 0.0355. The highest BCUT2D eigenvalue weighted by atomic mass is 35.5. The monoisotopic (exact) mass is 492 g/mol. The Hall–Kier alpha value is -2.94. The maximum absolute atomic E-state index is 12.6. The number of fused-ring (bicyclic) bond motifs is 2. The largest absolute Gasteiger partial charge is 0.373 e. The van der Waals surface area contributed by atoms with Gasteiger partial charge in [-0.25, -0.2) is 9.97 Å². The lowest BCUT2D eigenvalue weighted by Crippen LogP contribution is -2.46. The summed E-state index contributed by atoms with van der Waals surface area (Å²) in [5.41, 5.74) is 5.53. The van der Waals surface area contributed by atoms with E-state index in [1.165, 1.54) is 0 Å². The standard InChI is InChI=1S/C26H29ClN6O2/c1-15-13-33(14-16(2)35-15)7-6-18-8-22(17(3)28-10-18)31-26-30-11-19-9-23(34)21-5-4-20(27)12-29-25(21)24(19)32-26/h4,8,10-12,15-16H,5-7,9,13-14H2,1-3H3,(H,30,31,32)/t15-,16+. The summed E-state index contributed by atoms with van der Waals surface area (Å²) < 4.78 is 5.84. The number of carbonyl (C=O) groups is 1. The van der Waals surface area contributed by atoms with Crippen molar-refractivity contribution >= 4 is 40.9 Å². The Morgan fingerprint density at radius 1 is 1.20 bits per heavy atom. The molecule has 0 spiro atoms. The minimum atomic E-state index is 0.0355. The molecule has 0 saturated carbocycles. The Kier molecular flexibility index (Phi) is 6.77. The van der Waals surface area contributed by atoms with Crippen LogP contribution in [0.3, 0.4) is 0 Å². The van der Waals surface area contributed by atoms with Crippen LogP contribution in [0.4, 0.5) is 11.6 Å². The number of hydrogen-bond acceptors (Lipinski definition) is 8. The Bertz CT molecular complexity index is 1240. The molecule has 8 nitrogen and oxygen atoms in total. The second-order valence-electron chi connectivity index (χ2n) is 9.41. The summed E-state index contributed by atoms with van der Waals surface area (Å²) in [5, 5.41) is 3.84. The number of aromatic nitrogens is 3. The summed E-state index contributed by atoms with van der Waals surface area (Å²) in [4.78, 5) is 33.3. The van der Waals surface area contributed by atoms with E-state index in [-0.39, 0.29) is 24.4 Å². The summed E-state index contributed by atoms with van der Waals surface area (Å²) in [7, 11) is 0. The highest BCUT2D eigenvalue weighted by molar-refractivity contribution is 6.39. The lowest BCUT2D eigenvalue weighted by molar-refractivity contribution is -0.115. The first-order valence-corrected chi connectivity index (χ1v) is 12.4. The zero-order valence-corrected chi connectivity index (χ0v) is 21.0. The third kappa shape index (κ3) is 5.34. The lowest BCUT2D eigenvalue weighted by atomic mass is 9.91. The van der Waals surface area contributed by atoms with Crippen molar-refractivity contribution in [3.05, 3.63) is 57.7 Å². The van der Waals surface area contributed by atoms with Gasteiger partial charge in [0.15, 0.2) is 5.78 Å². The van der Waals surface area contributed by atoms with Crippen molar-refractivity contribution in [1.29, 1.82) is 0 Å². The molecule has 1 fully saturated rings. The number of ketones is 1. The molecule has 1 N–H and O–H groups in total. The molecule has 0 amide bonds. The maximum Gasteiger partial charge on any atom is 0.227 e. The average Bonchev–Trinajstić information content (AvgIpc) is 3.02. The topological polar surface area (TPSA) is 92.6 Å². The number of hydrogen-bond donors (Lipinski definition) is 1. The van der Waals surface area contributed by atoms with Crippen molar-refractivity contribution in [2.45, 2.75) is 52.2 Å². The van der Waals surface area contributed by atoms with E-state index in [0.717, 1.165) is 48.6 Å². The molecule has 2 aromatic rings. The number of pyridine rings is 1. The fourth-order valence-electron chi connectivity index (χ4n) is 4.80. The minimum Gasteiger partial charge on any atom is -0.373 e. The second-order valence-corrected chi connectivity index (χ2v) is 9.85. The molecule has 0 bridgehead atoms. The van der Waals surface area contributed by atoms with Gasteiger partial charge in [-0.3, -0.25) is 19.7 Å². The molecule has 2 aromatic heterocycles. The third-order valence-corrected chi connectivity index (χ3v) is 6.73. The molecule has 182 valence electrons. The van der Waals surface area contributed by atoms with Gasteiger partial charge in [0.2, 0.25) is 5.95 Å². The predicted octanol–water partition coefficient (Wildman–Crippen LogP) is 4.01. The number of allylic oxidation sites excluding steroid dienone is 3. The van der Waals surface area contributed by atoms with Gasteiger partial charge in [-0.1, -0.05) is 17.7 Å². The highest BCUT2D eigenvalue weighted by Crippen LogP contribution is 2.33. The zero-order chi connectivity index (χ0) is 24.5. The number of aliphatic imine (C=N–C) groups is 1. The first kappa shape index (κ1) is 23.8. The number of ether oxygens (including phenoxy) is 1. The van der Waals surface area contributed by atoms with Crippen molar-refractivity contribution in [2.24, 2.45) is 4.99 Å².